The van der Waals surface area contributed by atoms with E-state index >= 15 is 0 Å². The molecule has 154 valence electrons. The average Bonchev–Trinajstić information content (AvgIpc) is 3.13. The van der Waals surface area contributed by atoms with E-state index in [0.29, 0.717) is 19.0 Å². The second-order valence-corrected chi connectivity index (χ2v) is 7.19. The fourth-order valence-electron chi connectivity index (χ4n) is 2.28. The highest BCUT2D eigenvalue weighted by Gasteiger charge is 2.28. The first-order valence-corrected chi connectivity index (χ1v) is 9.95. The van der Waals surface area contributed by atoms with Crippen LogP contribution in [0.1, 0.15) is 29.3 Å². The SMILES string of the molecule is CCNC(=NCc1ccc(OCC(F)(F)F)cc1)NCCc1ncc(CC)s1. The van der Waals surface area contributed by atoms with E-state index < -0.39 is 12.8 Å². The van der Waals surface area contributed by atoms with Crippen LogP contribution in [0.15, 0.2) is 35.5 Å². The van der Waals surface area contributed by atoms with E-state index in [1.807, 2.05) is 13.1 Å². The lowest BCUT2D eigenvalue weighted by Crippen LogP contribution is -2.38. The number of guanidine groups is 1. The lowest BCUT2D eigenvalue weighted by Gasteiger charge is -2.11. The van der Waals surface area contributed by atoms with Crippen LogP contribution in [0.2, 0.25) is 0 Å². The van der Waals surface area contributed by atoms with Crippen LogP contribution in [0, 0.1) is 0 Å². The first-order valence-electron chi connectivity index (χ1n) is 9.14. The summed E-state index contributed by atoms with van der Waals surface area (Å²) in [5, 5.41) is 7.54. The number of nitrogens with one attached hydrogen (secondary N) is 2. The molecule has 0 fully saturated rings. The first-order chi connectivity index (χ1) is 13.4. The highest BCUT2D eigenvalue weighted by Crippen LogP contribution is 2.19. The molecule has 2 rings (SSSR count). The van der Waals surface area contributed by atoms with Crippen molar-refractivity contribution in [2.75, 3.05) is 19.7 Å². The molecule has 0 atom stereocenters. The van der Waals surface area contributed by atoms with Crippen LogP contribution in [0.25, 0.3) is 0 Å². The number of nitrogens with zero attached hydrogens (tertiary/aromatic N) is 2. The predicted octanol–water partition coefficient (Wildman–Crippen LogP) is 3.94. The molecule has 28 heavy (non-hydrogen) atoms. The summed E-state index contributed by atoms with van der Waals surface area (Å²) in [6, 6.07) is 6.46. The Morgan fingerprint density at radius 3 is 2.54 bits per heavy atom. The van der Waals surface area contributed by atoms with Crippen LogP contribution in [-0.2, 0) is 19.4 Å². The van der Waals surface area contributed by atoms with Crippen LogP contribution < -0.4 is 15.4 Å². The van der Waals surface area contributed by atoms with Gasteiger partial charge in [-0.05, 0) is 31.0 Å². The van der Waals surface area contributed by atoms with Crippen molar-refractivity contribution in [1.82, 2.24) is 15.6 Å². The summed E-state index contributed by atoms with van der Waals surface area (Å²) in [5.74, 6) is 0.872. The van der Waals surface area contributed by atoms with Crippen molar-refractivity contribution in [3.8, 4) is 5.75 Å². The fraction of sp³-hybridized carbons (Fsp3) is 0.474. The molecule has 9 heteroatoms. The van der Waals surface area contributed by atoms with Gasteiger partial charge in [0, 0.05) is 30.6 Å². The van der Waals surface area contributed by atoms with Gasteiger partial charge in [0.2, 0.25) is 0 Å². The number of aliphatic imine (C=N–C) groups is 1. The standard InChI is InChI=1S/C19H25F3N4OS/c1-3-16-12-25-17(28-16)9-10-24-18(23-4-2)26-11-14-5-7-15(8-6-14)27-13-19(20,21)22/h5-8,12H,3-4,9-11,13H2,1-2H3,(H2,23,24,26). The maximum absolute atomic E-state index is 12.2. The number of halogens is 3. The Kier molecular flexibility index (Phi) is 8.56. The lowest BCUT2D eigenvalue weighted by atomic mass is 10.2. The van der Waals surface area contributed by atoms with Gasteiger partial charge in [0.25, 0.3) is 0 Å². The zero-order valence-electron chi connectivity index (χ0n) is 16.0. The summed E-state index contributed by atoms with van der Waals surface area (Å²) >= 11 is 1.72. The molecule has 0 aliphatic heterocycles. The van der Waals surface area contributed by atoms with E-state index in [9.17, 15) is 13.2 Å². The van der Waals surface area contributed by atoms with Gasteiger partial charge in [-0.1, -0.05) is 19.1 Å². The molecule has 0 amide bonds. The van der Waals surface area contributed by atoms with Gasteiger partial charge in [-0.2, -0.15) is 13.2 Å². The van der Waals surface area contributed by atoms with Gasteiger partial charge in [-0.3, -0.25) is 0 Å². The van der Waals surface area contributed by atoms with Gasteiger partial charge >= 0.3 is 6.18 Å². The number of aryl methyl sites for hydroxylation is 1. The predicted molar refractivity (Wildman–Crippen MR) is 106 cm³/mol. The number of benzene rings is 1. The third-order valence-electron chi connectivity index (χ3n) is 3.67. The first kappa shape index (κ1) is 22.0. The fourth-order valence-corrected chi connectivity index (χ4v) is 3.15. The number of thiazole rings is 1. The van der Waals surface area contributed by atoms with E-state index in [-0.39, 0.29) is 5.75 Å². The summed E-state index contributed by atoms with van der Waals surface area (Å²) in [4.78, 5) is 10.2. The van der Waals surface area contributed by atoms with E-state index in [0.717, 1.165) is 30.0 Å². The summed E-state index contributed by atoms with van der Waals surface area (Å²) < 4.78 is 41.2. The quantitative estimate of drug-likeness (QED) is 0.482. The van der Waals surface area contributed by atoms with Crippen molar-refractivity contribution in [2.24, 2.45) is 4.99 Å². The Balaban J connectivity index is 1.83. The molecular formula is C19H25F3N4OS. The number of hydrogen-bond donors (Lipinski definition) is 2. The highest BCUT2D eigenvalue weighted by atomic mass is 32.1. The number of rotatable bonds is 9. The summed E-state index contributed by atoms with van der Waals surface area (Å²) in [6.45, 7) is 4.66. The minimum absolute atomic E-state index is 0.185. The van der Waals surface area contributed by atoms with Crippen molar-refractivity contribution in [3.05, 3.63) is 45.9 Å². The van der Waals surface area contributed by atoms with Crippen molar-refractivity contribution >= 4 is 17.3 Å². The zero-order chi connectivity index (χ0) is 20.4. The molecule has 1 aromatic carbocycles. The maximum Gasteiger partial charge on any atom is 0.422 e. The van der Waals surface area contributed by atoms with Gasteiger partial charge in [0.05, 0.1) is 11.6 Å². The van der Waals surface area contributed by atoms with E-state index in [4.69, 9.17) is 4.74 Å². The van der Waals surface area contributed by atoms with E-state index in [1.165, 1.54) is 17.0 Å². The van der Waals surface area contributed by atoms with E-state index in [1.54, 1.807) is 23.5 Å². The Morgan fingerprint density at radius 2 is 1.93 bits per heavy atom. The molecule has 0 aliphatic rings. The van der Waals surface area contributed by atoms with Crippen molar-refractivity contribution in [3.63, 3.8) is 0 Å². The molecule has 0 spiro atoms. The van der Waals surface area contributed by atoms with Crippen LogP contribution in [-0.4, -0.2) is 36.8 Å². The lowest BCUT2D eigenvalue weighted by molar-refractivity contribution is -0.153. The molecule has 0 unspecified atom stereocenters. The average molecular weight is 414 g/mol. The molecule has 1 aromatic heterocycles. The second-order valence-electron chi connectivity index (χ2n) is 5.99. The van der Waals surface area contributed by atoms with Crippen molar-refractivity contribution in [1.29, 1.82) is 0 Å². The molecule has 1 heterocycles. The summed E-state index contributed by atoms with van der Waals surface area (Å²) in [7, 11) is 0. The number of hydrogen-bond acceptors (Lipinski definition) is 4. The molecule has 0 saturated heterocycles. The van der Waals surface area contributed by atoms with Gasteiger partial charge in [0.15, 0.2) is 12.6 Å². The number of alkyl halides is 3. The topological polar surface area (TPSA) is 58.5 Å². The minimum atomic E-state index is -4.34. The van der Waals surface area contributed by atoms with Gasteiger partial charge in [-0.15, -0.1) is 11.3 Å². The molecule has 0 bridgehead atoms. The van der Waals surface area contributed by atoms with Crippen LogP contribution in [0.5, 0.6) is 5.75 Å². The Morgan fingerprint density at radius 1 is 1.18 bits per heavy atom. The molecular weight excluding hydrogens is 389 g/mol. The van der Waals surface area contributed by atoms with Gasteiger partial charge in [-0.25, -0.2) is 9.98 Å². The summed E-state index contributed by atoms with van der Waals surface area (Å²) in [5.41, 5.74) is 0.879. The minimum Gasteiger partial charge on any atom is -0.484 e. The van der Waals surface area contributed by atoms with Crippen molar-refractivity contribution < 1.29 is 17.9 Å². The normalized spacial score (nSPS) is 12.1. The molecule has 2 N–H and O–H groups in total. The monoisotopic (exact) mass is 414 g/mol. The molecule has 5 nitrogen and oxygen atoms in total. The molecule has 0 radical (unpaired) electrons. The third-order valence-corrected chi connectivity index (χ3v) is 4.87. The van der Waals surface area contributed by atoms with Crippen LogP contribution in [0.3, 0.4) is 0 Å². The Labute approximate surface area is 167 Å². The van der Waals surface area contributed by atoms with Gasteiger partial charge in [0.1, 0.15) is 5.75 Å². The Hall–Kier alpha value is -2.29. The third kappa shape index (κ3) is 8.16. The highest BCUT2D eigenvalue weighted by molar-refractivity contribution is 7.11. The van der Waals surface area contributed by atoms with Crippen LogP contribution in [0.4, 0.5) is 13.2 Å². The largest absolute Gasteiger partial charge is 0.484 e. The van der Waals surface area contributed by atoms with E-state index in [2.05, 4.69) is 27.5 Å². The summed E-state index contributed by atoms with van der Waals surface area (Å²) in [6.07, 6.45) is -0.608. The molecule has 0 saturated carbocycles. The second kappa shape index (κ2) is 10.9. The number of aromatic nitrogens is 1. The molecule has 2 aromatic rings. The Bertz CT molecular complexity index is 744. The van der Waals surface area contributed by atoms with Crippen molar-refractivity contribution in [2.45, 2.75) is 39.4 Å². The smallest absolute Gasteiger partial charge is 0.422 e. The van der Waals surface area contributed by atoms with Crippen LogP contribution >= 0.6 is 11.3 Å². The molecule has 0 aliphatic carbocycles. The maximum atomic E-state index is 12.2. The number of ether oxygens (including phenoxy) is 1. The van der Waals surface area contributed by atoms with Gasteiger partial charge < -0.3 is 15.4 Å². The zero-order valence-corrected chi connectivity index (χ0v) is 16.8.